The molecule has 2 rings (SSSR count). The van der Waals surface area contributed by atoms with Gasteiger partial charge in [0.2, 0.25) is 0 Å². The third-order valence-electron chi connectivity index (χ3n) is 4.84. The lowest BCUT2D eigenvalue weighted by atomic mass is 9.80. The molecule has 0 amide bonds. The first-order valence-corrected chi connectivity index (χ1v) is 7.77. The van der Waals surface area contributed by atoms with Gasteiger partial charge >= 0.3 is 0 Å². The molecule has 0 bridgehead atoms. The summed E-state index contributed by atoms with van der Waals surface area (Å²) in [7, 11) is 5.53. The molecule has 1 aliphatic rings. The van der Waals surface area contributed by atoms with Gasteiger partial charge in [-0.15, -0.1) is 0 Å². The molecule has 0 radical (unpaired) electrons. The third kappa shape index (κ3) is 3.50. The van der Waals surface area contributed by atoms with Crippen LogP contribution < -0.4 is 15.2 Å². The number of methoxy groups -OCH3 is 2. The van der Waals surface area contributed by atoms with E-state index in [1.54, 1.807) is 14.2 Å². The highest BCUT2D eigenvalue weighted by Gasteiger charge is 2.34. The van der Waals surface area contributed by atoms with Crippen LogP contribution in [0.15, 0.2) is 18.2 Å². The van der Waals surface area contributed by atoms with Crippen molar-refractivity contribution in [3.8, 4) is 11.5 Å². The number of hydrogen-bond donors (Lipinski definition) is 1. The molecule has 0 aromatic heterocycles. The fourth-order valence-electron chi connectivity index (χ4n) is 3.37. The van der Waals surface area contributed by atoms with E-state index in [0.29, 0.717) is 0 Å². The van der Waals surface area contributed by atoms with Gasteiger partial charge in [-0.2, -0.15) is 0 Å². The van der Waals surface area contributed by atoms with E-state index in [1.165, 1.54) is 37.7 Å². The molecule has 1 aromatic rings. The molecule has 4 heteroatoms. The topological polar surface area (TPSA) is 47.7 Å². The van der Waals surface area contributed by atoms with Crippen molar-refractivity contribution in [2.45, 2.75) is 44.2 Å². The normalized spacial score (nSPS) is 17.8. The van der Waals surface area contributed by atoms with Gasteiger partial charge in [0.05, 0.1) is 14.2 Å². The van der Waals surface area contributed by atoms with Gasteiger partial charge in [-0.3, -0.25) is 4.90 Å². The van der Waals surface area contributed by atoms with Crippen LogP contribution >= 0.6 is 0 Å². The molecular formula is C17H28N2O2. The summed E-state index contributed by atoms with van der Waals surface area (Å²) in [6.07, 6.45) is 6.31. The molecule has 0 heterocycles. The van der Waals surface area contributed by atoms with Crippen LogP contribution in [0.3, 0.4) is 0 Å². The van der Waals surface area contributed by atoms with E-state index in [1.807, 2.05) is 6.07 Å². The molecule has 21 heavy (non-hydrogen) atoms. The zero-order valence-electron chi connectivity index (χ0n) is 13.5. The van der Waals surface area contributed by atoms with Gasteiger partial charge in [0.15, 0.2) is 11.5 Å². The Hall–Kier alpha value is -1.26. The van der Waals surface area contributed by atoms with E-state index in [0.717, 1.165) is 24.6 Å². The Morgan fingerprint density at radius 3 is 2.33 bits per heavy atom. The van der Waals surface area contributed by atoms with Crippen molar-refractivity contribution in [2.75, 3.05) is 27.8 Å². The Labute approximate surface area is 128 Å². The first kappa shape index (κ1) is 16.1. The molecule has 0 unspecified atom stereocenters. The molecule has 0 saturated heterocycles. The van der Waals surface area contributed by atoms with Crippen molar-refractivity contribution in [3.05, 3.63) is 23.8 Å². The monoisotopic (exact) mass is 292 g/mol. The lowest BCUT2D eigenvalue weighted by molar-refractivity contribution is 0.0758. The number of benzene rings is 1. The van der Waals surface area contributed by atoms with Gasteiger partial charge in [-0.1, -0.05) is 25.3 Å². The van der Waals surface area contributed by atoms with Crippen LogP contribution in [0.2, 0.25) is 0 Å². The minimum absolute atomic E-state index is 0.158. The van der Waals surface area contributed by atoms with Crippen molar-refractivity contribution in [1.82, 2.24) is 4.90 Å². The highest BCUT2D eigenvalue weighted by Crippen LogP contribution is 2.34. The Balaban J connectivity index is 2.12. The molecule has 1 saturated carbocycles. The number of hydrogen-bond acceptors (Lipinski definition) is 4. The van der Waals surface area contributed by atoms with E-state index in [2.05, 4.69) is 24.1 Å². The molecule has 0 atom stereocenters. The summed E-state index contributed by atoms with van der Waals surface area (Å²) in [6.45, 7) is 1.62. The zero-order valence-corrected chi connectivity index (χ0v) is 13.5. The van der Waals surface area contributed by atoms with Crippen LogP contribution in [0.5, 0.6) is 11.5 Å². The minimum Gasteiger partial charge on any atom is -0.493 e. The predicted molar refractivity (Wildman–Crippen MR) is 85.9 cm³/mol. The van der Waals surface area contributed by atoms with Gasteiger partial charge in [-0.05, 0) is 37.6 Å². The van der Waals surface area contributed by atoms with E-state index < -0.39 is 0 Å². The van der Waals surface area contributed by atoms with Crippen LogP contribution in [0.1, 0.15) is 37.7 Å². The second-order valence-electron chi connectivity index (χ2n) is 6.03. The summed E-state index contributed by atoms with van der Waals surface area (Å²) in [5.74, 6) is 1.56. The lowest BCUT2D eigenvalue weighted by Crippen LogP contribution is -2.52. The maximum atomic E-state index is 6.11. The van der Waals surface area contributed by atoms with Gasteiger partial charge in [0.25, 0.3) is 0 Å². The standard InChI is InChI=1S/C17H28N2O2/c1-19(17(13-18)9-5-4-6-10-17)12-14-7-8-15(20-2)16(11-14)21-3/h7-8,11H,4-6,9-10,12-13,18H2,1-3H3. The number of nitrogens with two attached hydrogens (primary N) is 1. The molecule has 0 aliphatic heterocycles. The van der Waals surface area contributed by atoms with Crippen LogP contribution in [-0.4, -0.2) is 38.3 Å². The molecule has 0 spiro atoms. The summed E-state index contributed by atoms with van der Waals surface area (Å²) in [6, 6.07) is 6.13. The Kier molecular flexibility index (Phi) is 5.48. The second-order valence-corrected chi connectivity index (χ2v) is 6.03. The summed E-state index contributed by atoms with van der Waals surface area (Å²) < 4.78 is 10.7. The summed E-state index contributed by atoms with van der Waals surface area (Å²) in [4.78, 5) is 2.42. The Morgan fingerprint density at radius 2 is 1.76 bits per heavy atom. The first-order valence-electron chi connectivity index (χ1n) is 7.77. The number of rotatable bonds is 6. The van der Waals surface area contributed by atoms with Crippen molar-refractivity contribution < 1.29 is 9.47 Å². The molecular weight excluding hydrogens is 264 g/mol. The van der Waals surface area contributed by atoms with E-state index in [-0.39, 0.29) is 5.54 Å². The van der Waals surface area contributed by atoms with E-state index in [9.17, 15) is 0 Å². The van der Waals surface area contributed by atoms with Crippen LogP contribution in [0.25, 0.3) is 0 Å². The third-order valence-corrected chi connectivity index (χ3v) is 4.84. The van der Waals surface area contributed by atoms with Crippen molar-refractivity contribution >= 4 is 0 Å². The summed E-state index contributed by atoms with van der Waals surface area (Å²) in [5, 5.41) is 0. The smallest absolute Gasteiger partial charge is 0.161 e. The SMILES string of the molecule is COc1ccc(CN(C)C2(CN)CCCCC2)cc1OC. The number of ether oxygens (including phenoxy) is 2. The van der Waals surface area contributed by atoms with Crippen molar-refractivity contribution in [2.24, 2.45) is 5.73 Å². The van der Waals surface area contributed by atoms with Crippen LogP contribution in [0, 0.1) is 0 Å². The minimum atomic E-state index is 0.158. The maximum absolute atomic E-state index is 6.11. The lowest BCUT2D eigenvalue weighted by Gasteiger charge is -2.44. The predicted octanol–water partition coefficient (Wildman–Crippen LogP) is 2.80. The van der Waals surface area contributed by atoms with E-state index in [4.69, 9.17) is 15.2 Å². The summed E-state index contributed by atoms with van der Waals surface area (Å²) in [5.41, 5.74) is 7.50. The number of nitrogens with zero attached hydrogens (tertiary/aromatic N) is 1. The summed E-state index contributed by atoms with van der Waals surface area (Å²) >= 11 is 0. The highest BCUT2D eigenvalue weighted by molar-refractivity contribution is 5.42. The quantitative estimate of drug-likeness (QED) is 0.876. The molecule has 1 aromatic carbocycles. The fraction of sp³-hybridized carbons (Fsp3) is 0.647. The zero-order chi connectivity index (χ0) is 15.3. The Bertz CT molecular complexity index is 456. The van der Waals surface area contributed by atoms with Gasteiger partial charge < -0.3 is 15.2 Å². The van der Waals surface area contributed by atoms with Gasteiger partial charge in [-0.25, -0.2) is 0 Å². The van der Waals surface area contributed by atoms with Gasteiger partial charge in [0, 0.05) is 18.6 Å². The largest absolute Gasteiger partial charge is 0.493 e. The Morgan fingerprint density at radius 1 is 1.10 bits per heavy atom. The number of likely N-dealkylation sites (N-methyl/N-ethyl adjacent to an activating group) is 1. The molecule has 1 aliphatic carbocycles. The first-order chi connectivity index (χ1) is 10.1. The molecule has 4 nitrogen and oxygen atoms in total. The van der Waals surface area contributed by atoms with Gasteiger partial charge in [0.1, 0.15) is 0 Å². The van der Waals surface area contributed by atoms with Crippen molar-refractivity contribution in [3.63, 3.8) is 0 Å². The molecule has 1 fully saturated rings. The molecule has 118 valence electrons. The van der Waals surface area contributed by atoms with Crippen LogP contribution in [0.4, 0.5) is 0 Å². The van der Waals surface area contributed by atoms with Crippen molar-refractivity contribution in [1.29, 1.82) is 0 Å². The fourth-order valence-corrected chi connectivity index (χ4v) is 3.37. The highest BCUT2D eigenvalue weighted by atomic mass is 16.5. The average Bonchev–Trinajstić information content (AvgIpc) is 2.55. The second kappa shape index (κ2) is 7.14. The maximum Gasteiger partial charge on any atom is 0.161 e. The average molecular weight is 292 g/mol. The van der Waals surface area contributed by atoms with E-state index >= 15 is 0 Å². The van der Waals surface area contributed by atoms with Crippen LogP contribution in [-0.2, 0) is 6.54 Å². The molecule has 2 N–H and O–H groups in total.